The van der Waals surface area contributed by atoms with Crippen LogP contribution < -0.4 is 0 Å². The molecule has 0 radical (unpaired) electrons. The number of hydrogen-bond donors (Lipinski definition) is 1. The molecule has 3 nitrogen and oxygen atoms in total. The van der Waals surface area contributed by atoms with Crippen LogP contribution in [0, 0.1) is 11.6 Å². The Hall–Kier alpha value is -1.33. The minimum Gasteiger partial charge on any atom is -0.395 e. The van der Waals surface area contributed by atoms with Crippen LogP contribution in [-0.4, -0.2) is 41.5 Å². The molecule has 20 heavy (non-hydrogen) atoms. The summed E-state index contributed by atoms with van der Waals surface area (Å²) in [7, 11) is 0. The molecule has 0 unspecified atom stereocenters. The molecule has 5 heteroatoms. The smallest absolute Gasteiger partial charge is 0.179 e. The second-order valence-electron chi connectivity index (χ2n) is 5.18. The summed E-state index contributed by atoms with van der Waals surface area (Å²) in [5, 5.41) is 9.09. The van der Waals surface area contributed by atoms with E-state index in [2.05, 4.69) is 0 Å². The van der Waals surface area contributed by atoms with Crippen LogP contribution in [0.2, 0.25) is 0 Å². The quantitative estimate of drug-likeness (QED) is 0.815. The monoisotopic (exact) mass is 283 g/mol. The summed E-state index contributed by atoms with van der Waals surface area (Å²) in [6.07, 6.45) is 4.23. The molecular weight excluding hydrogens is 264 g/mol. The topological polar surface area (TPSA) is 40.5 Å². The number of carbonyl (C=O) groups excluding carboxylic acids is 1. The van der Waals surface area contributed by atoms with Crippen molar-refractivity contribution in [2.45, 2.75) is 31.7 Å². The Balaban J connectivity index is 2.07. The van der Waals surface area contributed by atoms with Crippen molar-refractivity contribution in [2.24, 2.45) is 0 Å². The molecule has 0 spiro atoms. The molecule has 2 rings (SSSR count). The number of aliphatic hydroxyl groups excluding tert-OH is 1. The van der Waals surface area contributed by atoms with Crippen LogP contribution in [0.1, 0.15) is 36.0 Å². The van der Waals surface area contributed by atoms with E-state index in [9.17, 15) is 13.6 Å². The molecular formula is C15H19F2NO2. The highest BCUT2D eigenvalue weighted by molar-refractivity contribution is 5.97. The predicted octanol–water partition coefficient (Wildman–Crippen LogP) is 2.38. The molecule has 0 aliphatic heterocycles. The Labute approximate surface area is 117 Å². The van der Waals surface area contributed by atoms with E-state index in [1.165, 1.54) is 6.07 Å². The van der Waals surface area contributed by atoms with Crippen molar-refractivity contribution < 1.29 is 18.7 Å². The highest BCUT2D eigenvalue weighted by atomic mass is 19.1. The summed E-state index contributed by atoms with van der Waals surface area (Å²) in [5.41, 5.74) is -0.0904. The maximum absolute atomic E-state index is 13.6. The first kappa shape index (κ1) is 15.1. The Morgan fingerprint density at radius 3 is 2.60 bits per heavy atom. The van der Waals surface area contributed by atoms with Gasteiger partial charge >= 0.3 is 0 Å². The average Bonchev–Trinajstić information content (AvgIpc) is 2.91. The lowest BCUT2D eigenvalue weighted by Gasteiger charge is -2.27. The van der Waals surface area contributed by atoms with Crippen LogP contribution in [0.25, 0.3) is 0 Å². The lowest BCUT2D eigenvalue weighted by molar-refractivity contribution is 0.0858. The maximum atomic E-state index is 13.6. The standard InChI is InChI=1S/C15H19F2NO2/c16-11-5-6-13(14(17)9-11)15(20)10-18(7-8-19)12-3-1-2-4-12/h5-6,9,12,19H,1-4,7-8,10H2. The fourth-order valence-electron chi connectivity index (χ4n) is 2.77. The van der Waals surface area contributed by atoms with Crippen molar-refractivity contribution in [1.29, 1.82) is 0 Å². The Bertz CT molecular complexity index is 473. The molecule has 0 aromatic heterocycles. The van der Waals surface area contributed by atoms with Crippen LogP contribution in [0.4, 0.5) is 8.78 Å². The van der Waals surface area contributed by atoms with E-state index in [1.807, 2.05) is 4.90 Å². The Morgan fingerprint density at radius 2 is 2.00 bits per heavy atom. The van der Waals surface area contributed by atoms with Crippen molar-refractivity contribution in [3.8, 4) is 0 Å². The number of benzene rings is 1. The molecule has 110 valence electrons. The number of carbonyl (C=O) groups is 1. The number of rotatable bonds is 6. The zero-order chi connectivity index (χ0) is 14.5. The second-order valence-corrected chi connectivity index (χ2v) is 5.18. The number of nitrogens with zero attached hydrogens (tertiary/aromatic N) is 1. The van der Waals surface area contributed by atoms with Gasteiger partial charge in [0.1, 0.15) is 11.6 Å². The minimum atomic E-state index is -0.828. The Morgan fingerprint density at radius 1 is 1.30 bits per heavy atom. The van der Waals surface area contributed by atoms with Gasteiger partial charge in [-0.1, -0.05) is 12.8 Å². The van der Waals surface area contributed by atoms with Gasteiger partial charge in [-0.05, 0) is 25.0 Å². The van der Waals surface area contributed by atoms with Crippen LogP contribution in [0.3, 0.4) is 0 Å². The fourth-order valence-corrected chi connectivity index (χ4v) is 2.77. The zero-order valence-electron chi connectivity index (χ0n) is 11.3. The van der Waals surface area contributed by atoms with E-state index in [0.717, 1.165) is 37.8 Å². The summed E-state index contributed by atoms with van der Waals surface area (Å²) in [6, 6.07) is 3.26. The number of Topliss-reactive ketones (excluding diaryl/α,β-unsaturated/α-hetero) is 1. The van der Waals surface area contributed by atoms with Gasteiger partial charge in [-0.2, -0.15) is 0 Å². The molecule has 0 saturated heterocycles. The third-order valence-corrected chi connectivity index (χ3v) is 3.81. The normalized spacial score (nSPS) is 16.0. The highest BCUT2D eigenvalue weighted by Crippen LogP contribution is 2.23. The number of aliphatic hydroxyl groups is 1. The highest BCUT2D eigenvalue weighted by Gasteiger charge is 2.25. The van der Waals surface area contributed by atoms with Gasteiger partial charge in [-0.25, -0.2) is 8.78 Å². The van der Waals surface area contributed by atoms with Gasteiger partial charge in [-0.3, -0.25) is 9.69 Å². The van der Waals surface area contributed by atoms with E-state index < -0.39 is 11.6 Å². The molecule has 1 aliphatic rings. The summed E-state index contributed by atoms with van der Waals surface area (Å²) in [4.78, 5) is 14.0. The number of halogens is 2. The second kappa shape index (κ2) is 6.90. The lowest BCUT2D eigenvalue weighted by Crippen LogP contribution is -2.39. The third-order valence-electron chi connectivity index (χ3n) is 3.81. The molecule has 0 bridgehead atoms. The largest absolute Gasteiger partial charge is 0.395 e. The van der Waals surface area contributed by atoms with Crippen molar-refractivity contribution >= 4 is 5.78 Å². The third kappa shape index (κ3) is 3.61. The van der Waals surface area contributed by atoms with Crippen molar-refractivity contribution in [2.75, 3.05) is 19.7 Å². The fraction of sp³-hybridized carbons (Fsp3) is 0.533. The maximum Gasteiger partial charge on any atom is 0.179 e. The summed E-state index contributed by atoms with van der Waals surface area (Å²) in [6.45, 7) is 0.433. The zero-order valence-corrected chi connectivity index (χ0v) is 11.3. The van der Waals surface area contributed by atoms with Crippen LogP contribution in [0.5, 0.6) is 0 Å². The van der Waals surface area contributed by atoms with E-state index in [0.29, 0.717) is 6.54 Å². The first-order valence-corrected chi connectivity index (χ1v) is 6.95. The van der Waals surface area contributed by atoms with Gasteiger partial charge in [-0.15, -0.1) is 0 Å². The van der Waals surface area contributed by atoms with E-state index in [1.54, 1.807) is 0 Å². The van der Waals surface area contributed by atoms with Gasteiger partial charge in [0, 0.05) is 18.7 Å². The van der Waals surface area contributed by atoms with Gasteiger partial charge in [0.2, 0.25) is 0 Å². The molecule has 1 fully saturated rings. The summed E-state index contributed by atoms with van der Waals surface area (Å²) >= 11 is 0. The minimum absolute atomic E-state index is 0.0321. The Kier molecular flexibility index (Phi) is 5.20. The van der Waals surface area contributed by atoms with Crippen molar-refractivity contribution in [1.82, 2.24) is 4.90 Å². The summed E-state index contributed by atoms with van der Waals surface area (Å²) in [5.74, 6) is -1.89. The van der Waals surface area contributed by atoms with Crippen molar-refractivity contribution in [3.63, 3.8) is 0 Å². The van der Waals surface area contributed by atoms with E-state index >= 15 is 0 Å². The average molecular weight is 283 g/mol. The van der Waals surface area contributed by atoms with Gasteiger partial charge < -0.3 is 5.11 Å². The molecule has 0 atom stereocenters. The van der Waals surface area contributed by atoms with Gasteiger partial charge in [0.25, 0.3) is 0 Å². The predicted molar refractivity (Wildman–Crippen MR) is 71.6 cm³/mol. The van der Waals surface area contributed by atoms with E-state index in [-0.39, 0.29) is 30.5 Å². The molecule has 1 aromatic carbocycles. The first-order valence-electron chi connectivity index (χ1n) is 6.95. The van der Waals surface area contributed by atoms with Crippen LogP contribution in [-0.2, 0) is 0 Å². The molecule has 1 aliphatic carbocycles. The number of ketones is 1. The SMILES string of the molecule is O=C(CN(CCO)C1CCCC1)c1ccc(F)cc1F. The molecule has 0 heterocycles. The summed E-state index contributed by atoms with van der Waals surface area (Å²) < 4.78 is 26.4. The van der Waals surface area contributed by atoms with Gasteiger partial charge in [0.15, 0.2) is 5.78 Å². The molecule has 1 saturated carbocycles. The van der Waals surface area contributed by atoms with Crippen molar-refractivity contribution in [3.05, 3.63) is 35.4 Å². The molecule has 1 aromatic rings. The molecule has 1 N–H and O–H groups in total. The number of hydrogen-bond acceptors (Lipinski definition) is 3. The first-order chi connectivity index (χ1) is 9.61. The van der Waals surface area contributed by atoms with Gasteiger partial charge in [0.05, 0.1) is 18.7 Å². The lowest BCUT2D eigenvalue weighted by atomic mass is 10.1. The molecule has 0 amide bonds. The van der Waals surface area contributed by atoms with Crippen LogP contribution in [0.15, 0.2) is 18.2 Å². The van der Waals surface area contributed by atoms with E-state index in [4.69, 9.17) is 5.11 Å². The van der Waals surface area contributed by atoms with Crippen LogP contribution >= 0.6 is 0 Å².